The Morgan fingerprint density at radius 1 is 1.15 bits per heavy atom. The Labute approximate surface area is 166 Å². The smallest absolute Gasteiger partial charge is 0.228 e. The molecule has 1 aromatic heterocycles. The van der Waals surface area contributed by atoms with E-state index in [2.05, 4.69) is 16.0 Å². The van der Waals surface area contributed by atoms with Gasteiger partial charge in [0.05, 0.1) is 25.4 Å². The summed E-state index contributed by atoms with van der Waals surface area (Å²) in [7, 11) is 1.67. The fourth-order valence-electron chi connectivity index (χ4n) is 2.83. The first-order valence-electron chi connectivity index (χ1n) is 8.03. The van der Waals surface area contributed by atoms with Gasteiger partial charge in [0.2, 0.25) is 5.91 Å². The standard InChI is InChI=1S/C18H22N4O2.2ClH/c1-24-17-4-2-3-16(12-17)21-7-9-22(10-8-21)18(23)11-15-6-5-14(19)13-20-15;;/h2-6,12-13H,7-11,19H2,1H3;2*1H. The van der Waals surface area contributed by atoms with Crippen LogP contribution in [0.4, 0.5) is 11.4 Å². The maximum absolute atomic E-state index is 12.4. The summed E-state index contributed by atoms with van der Waals surface area (Å²) in [6, 6.07) is 11.6. The third-order valence-corrected chi connectivity index (χ3v) is 4.23. The third-order valence-electron chi connectivity index (χ3n) is 4.23. The second-order valence-electron chi connectivity index (χ2n) is 5.83. The predicted molar refractivity (Wildman–Crippen MR) is 109 cm³/mol. The molecule has 0 bridgehead atoms. The molecule has 6 nitrogen and oxygen atoms in total. The molecule has 0 aliphatic carbocycles. The van der Waals surface area contributed by atoms with Crippen molar-refractivity contribution in [2.45, 2.75) is 6.42 Å². The van der Waals surface area contributed by atoms with Gasteiger partial charge in [-0.1, -0.05) is 6.07 Å². The SMILES string of the molecule is COc1cccc(N2CCN(C(=O)Cc3ccc(N)cn3)CC2)c1.Cl.Cl. The molecule has 1 aliphatic heterocycles. The lowest BCUT2D eigenvalue weighted by molar-refractivity contribution is -0.130. The van der Waals surface area contributed by atoms with Crippen molar-refractivity contribution in [2.24, 2.45) is 0 Å². The van der Waals surface area contributed by atoms with Crippen LogP contribution < -0.4 is 15.4 Å². The molecule has 0 spiro atoms. The number of benzene rings is 1. The number of carbonyl (C=O) groups is 1. The fraction of sp³-hybridized carbons (Fsp3) is 0.333. The first-order chi connectivity index (χ1) is 11.7. The number of rotatable bonds is 4. The summed E-state index contributed by atoms with van der Waals surface area (Å²) in [4.78, 5) is 20.8. The highest BCUT2D eigenvalue weighted by atomic mass is 35.5. The number of nitrogens with zero attached hydrogens (tertiary/aromatic N) is 3. The van der Waals surface area contributed by atoms with Crippen LogP contribution in [-0.2, 0) is 11.2 Å². The quantitative estimate of drug-likeness (QED) is 0.855. The zero-order chi connectivity index (χ0) is 16.9. The minimum atomic E-state index is 0. The van der Waals surface area contributed by atoms with Gasteiger partial charge in [0.15, 0.2) is 0 Å². The molecule has 26 heavy (non-hydrogen) atoms. The first-order valence-corrected chi connectivity index (χ1v) is 8.03. The highest BCUT2D eigenvalue weighted by molar-refractivity contribution is 5.85. The number of pyridine rings is 1. The second-order valence-corrected chi connectivity index (χ2v) is 5.83. The van der Waals surface area contributed by atoms with Gasteiger partial charge in [-0.2, -0.15) is 0 Å². The predicted octanol–water partition coefficient (Wildman–Crippen LogP) is 2.41. The summed E-state index contributed by atoms with van der Waals surface area (Å²) in [5.74, 6) is 0.956. The van der Waals surface area contributed by atoms with E-state index in [1.807, 2.05) is 23.1 Å². The lowest BCUT2D eigenvalue weighted by Gasteiger charge is -2.36. The zero-order valence-corrected chi connectivity index (χ0v) is 16.3. The van der Waals surface area contributed by atoms with Crippen molar-refractivity contribution in [1.29, 1.82) is 0 Å². The Morgan fingerprint density at radius 3 is 2.50 bits per heavy atom. The highest BCUT2D eigenvalue weighted by Crippen LogP contribution is 2.22. The van der Waals surface area contributed by atoms with Crippen LogP contribution in [0.25, 0.3) is 0 Å². The van der Waals surface area contributed by atoms with E-state index in [0.717, 1.165) is 30.2 Å². The summed E-state index contributed by atoms with van der Waals surface area (Å²) in [6.45, 7) is 3.05. The number of hydrogen-bond donors (Lipinski definition) is 1. The molecule has 0 radical (unpaired) electrons. The molecule has 1 fully saturated rings. The van der Waals surface area contributed by atoms with Crippen molar-refractivity contribution in [3.05, 3.63) is 48.3 Å². The Bertz CT molecular complexity index is 705. The van der Waals surface area contributed by atoms with Gasteiger partial charge in [0.1, 0.15) is 5.75 Å². The average molecular weight is 399 g/mol. The Hall–Kier alpha value is -2.18. The van der Waals surface area contributed by atoms with Crippen molar-refractivity contribution >= 4 is 42.1 Å². The molecule has 8 heteroatoms. The van der Waals surface area contributed by atoms with Crippen LogP contribution in [0.5, 0.6) is 5.75 Å². The molecule has 2 aromatic rings. The number of nitrogens with two attached hydrogens (primary N) is 1. The zero-order valence-electron chi connectivity index (χ0n) is 14.6. The van der Waals surface area contributed by atoms with E-state index in [0.29, 0.717) is 25.2 Å². The van der Waals surface area contributed by atoms with E-state index in [1.165, 1.54) is 0 Å². The van der Waals surface area contributed by atoms with Crippen LogP contribution in [0.15, 0.2) is 42.6 Å². The topological polar surface area (TPSA) is 71.7 Å². The summed E-state index contributed by atoms with van der Waals surface area (Å²) in [5, 5.41) is 0. The van der Waals surface area contributed by atoms with E-state index in [4.69, 9.17) is 10.5 Å². The number of nitrogen functional groups attached to an aromatic ring is 1. The van der Waals surface area contributed by atoms with Gasteiger partial charge >= 0.3 is 0 Å². The number of piperazine rings is 1. The van der Waals surface area contributed by atoms with E-state index >= 15 is 0 Å². The van der Waals surface area contributed by atoms with Crippen LogP contribution in [0.3, 0.4) is 0 Å². The molecule has 0 saturated carbocycles. The van der Waals surface area contributed by atoms with E-state index in [1.54, 1.807) is 25.4 Å². The summed E-state index contributed by atoms with van der Waals surface area (Å²) >= 11 is 0. The van der Waals surface area contributed by atoms with Crippen LogP contribution >= 0.6 is 24.8 Å². The molecule has 2 heterocycles. The summed E-state index contributed by atoms with van der Waals surface area (Å²) < 4.78 is 5.27. The van der Waals surface area contributed by atoms with E-state index in [-0.39, 0.29) is 30.7 Å². The number of halogens is 2. The van der Waals surface area contributed by atoms with Gasteiger partial charge in [0, 0.05) is 43.6 Å². The molecule has 1 aromatic carbocycles. The lowest BCUT2D eigenvalue weighted by Crippen LogP contribution is -2.49. The molecule has 0 atom stereocenters. The molecule has 1 amide bonds. The van der Waals surface area contributed by atoms with Gasteiger partial charge in [-0.05, 0) is 24.3 Å². The number of anilines is 2. The van der Waals surface area contributed by atoms with Gasteiger partial charge < -0.3 is 20.3 Å². The van der Waals surface area contributed by atoms with Crippen molar-refractivity contribution in [2.75, 3.05) is 43.9 Å². The van der Waals surface area contributed by atoms with E-state index in [9.17, 15) is 4.79 Å². The highest BCUT2D eigenvalue weighted by Gasteiger charge is 2.21. The lowest BCUT2D eigenvalue weighted by atomic mass is 10.2. The Morgan fingerprint density at radius 2 is 1.88 bits per heavy atom. The van der Waals surface area contributed by atoms with Gasteiger partial charge in [-0.15, -0.1) is 24.8 Å². The summed E-state index contributed by atoms with van der Waals surface area (Å²) in [6.07, 6.45) is 1.91. The molecule has 1 aliphatic rings. The molecule has 1 saturated heterocycles. The van der Waals surface area contributed by atoms with Crippen LogP contribution in [0, 0.1) is 0 Å². The van der Waals surface area contributed by atoms with Crippen molar-refractivity contribution in [3.63, 3.8) is 0 Å². The molecular weight excluding hydrogens is 375 g/mol. The minimum Gasteiger partial charge on any atom is -0.497 e. The number of aromatic nitrogens is 1. The number of methoxy groups -OCH3 is 1. The first kappa shape index (κ1) is 21.9. The van der Waals surface area contributed by atoms with Gasteiger partial charge in [-0.3, -0.25) is 9.78 Å². The molecule has 2 N–H and O–H groups in total. The molecular formula is C18H24Cl2N4O2. The van der Waals surface area contributed by atoms with E-state index < -0.39 is 0 Å². The summed E-state index contributed by atoms with van der Waals surface area (Å²) in [5.41, 5.74) is 8.11. The van der Waals surface area contributed by atoms with Crippen molar-refractivity contribution in [3.8, 4) is 5.75 Å². The molecule has 3 rings (SSSR count). The normalized spacial score (nSPS) is 13.4. The molecule has 142 valence electrons. The number of carbonyl (C=O) groups excluding carboxylic acids is 1. The molecule has 0 unspecified atom stereocenters. The number of ether oxygens (including phenoxy) is 1. The third kappa shape index (κ3) is 5.41. The van der Waals surface area contributed by atoms with Crippen LogP contribution in [0.1, 0.15) is 5.69 Å². The fourth-order valence-corrected chi connectivity index (χ4v) is 2.83. The van der Waals surface area contributed by atoms with Crippen LogP contribution in [-0.4, -0.2) is 49.1 Å². The maximum Gasteiger partial charge on any atom is 0.228 e. The largest absolute Gasteiger partial charge is 0.497 e. The second kappa shape index (κ2) is 10.1. The number of hydrogen-bond acceptors (Lipinski definition) is 5. The van der Waals surface area contributed by atoms with Crippen molar-refractivity contribution in [1.82, 2.24) is 9.88 Å². The van der Waals surface area contributed by atoms with Crippen molar-refractivity contribution < 1.29 is 9.53 Å². The minimum absolute atomic E-state index is 0. The van der Waals surface area contributed by atoms with Gasteiger partial charge in [0.25, 0.3) is 0 Å². The van der Waals surface area contributed by atoms with Gasteiger partial charge in [-0.25, -0.2) is 0 Å². The van der Waals surface area contributed by atoms with Crippen LogP contribution in [0.2, 0.25) is 0 Å². The maximum atomic E-state index is 12.4. The monoisotopic (exact) mass is 398 g/mol. The Balaban J connectivity index is 0.00000169. The average Bonchev–Trinajstić information content (AvgIpc) is 2.64. The number of amides is 1. The Kier molecular flexibility index (Phi) is 8.48.